The summed E-state index contributed by atoms with van der Waals surface area (Å²) in [6, 6.07) is 0. The summed E-state index contributed by atoms with van der Waals surface area (Å²) in [5.41, 5.74) is 2.20. The van der Waals surface area contributed by atoms with Gasteiger partial charge < -0.3 is 0 Å². The second kappa shape index (κ2) is 3.99. The summed E-state index contributed by atoms with van der Waals surface area (Å²) in [4.78, 5) is 0. The van der Waals surface area contributed by atoms with Gasteiger partial charge in [0.1, 0.15) is 0 Å². The third kappa shape index (κ3) is 2.39. The minimum atomic E-state index is 0.550. The number of rotatable bonds is 1. The van der Waals surface area contributed by atoms with Gasteiger partial charge in [0.15, 0.2) is 0 Å². The molecule has 0 N–H and O–H groups in total. The van der Waals surface area contributed by atoms with Crippen LogP contribution in [0.5, 0.6) is 0 Å². The first-order chi connectivity index (χ1) is 3.72. The van der Waals surface area contributed by atoms with Gasteiger partial charge in [-0.15, -0.1) is 0 Å². The molecule has 0 aromatic heterocycles. The maximum absolute atomic E-state index is 5.55. The third-order valence-electron chi connectivity index (χ3n) is 0.829. The zero-order valence-electron chi connectivity index (χ0n) is 4.83. The van der Waals surface area contributed by atoms with Gasteiger partial charge in [-0.1, -0.05) is 23.2 Å². The summed E-state index contributed by atoms with van der Waals surface area (Å²) in [6.45, 7) is 3.64. The van der Waals surface area contributed by atoms with E-state index in [2.05, 4.69) is 6.08 Å². The summed E-state index contributed by atoms with van der Waals surface area (Å²) < 4.78 is 0. The molecule has 0 aliphatic rings. The molecule has 0 amide bonds. The Labute approximate surface area is 59.8 Å². The summed E-state index contributed by atoms with van der Waals surface area (Å²) in [6.07, 6.45) is 2.85. The van der Waals surface area contributed by atoms with Crippen molar-refractivity contribution < 1.29 is 0 Å². The minimum absolute atomic E-state index is 0.550. The topological polar surface area (TPSA) is 0 Å². The average Bonchev–Trinajstić information content (AvgIpc) is 1.84. The Balaban J connectivity index is 4.04. The van der Waals surface area contributed by atoms with Crippen molar-refractivity contribution in [2.24, 2.45) is 0 Å². The first-order valence-corrected chi connectivity index (χ1v) is 3.01. The Bertz CT molecular complexity index is 106. The normalized spacial score (nSPS) is 14.5. The molecule has 1 radical (unpaired) electrons. The Hall–Kier alpha value is 0.0600. The van der Waals surface area contributed by atoms with Crippen LogP contribution in [0.15, 0.2) is 16.1 Å². The molecule has 2 heteroatoms. The molecule has 0 nitrogen and oxygen atoms in total. The molecule has 0 saturated heterocycles. The van der Waals surface area contributed by atoms with Crippen molar-refractivity contribution in [1.82, 2.24) is 0 Å². The van der Waals surface area contributed by atoms with Crippen molar-refractivity contribution in [2.45, 2.75) is 13.8 Å². The lowest BCUT2D eigenvalue weighted by atomic mass is 10.3. The minimum Gasteiger partial charge on any atom is -0.0913 e. The molecule has 0 heterocycles. The van der Waals surface area contributed by atoms with Gasteiger partial charge >= 0.3 is 0 Å². The fourth-order valence-electron chi connectivity index (χ4n) is 0.201. The van der Waals surface area contributed by atoms with Gasteiger partial charge in [-0.05, 0) is 25.5 Å². The van der Waals surface area contributed by atoms with E-state index in [0.29, 0.717) is 5.03 Å². The first-order valence-electron chi connectivity index (χ1n) is 2.20. The van der Waals surface area contributed by atoms with Crippen LogP contribution in [0.2, 0.25) is 0 Å². The Kier molecular flexibility index (Phi) is 4.02. The Morgan fingerprint density at radius 3 is 2.25 bits per heavy atom. The highest BCUT2D eigenvalue weighted by Gasteiger charge is 1.89. The second-order valence-corrected chi connectivity index (χ2v) is 1.96. The van der Waals surface area contributed by atoms with Crippen molar-refractivity contribution in [3.8, 4) is 0 Å². The van der Waals surface area contributed by atoms with Gasteiger partial charge in [-0.3, -0.25) is 0 Å². The molecule has 0 spiro atoms. The quantitative estimate of drug-likeness (QED) is 0.504. The first kappa shape index (κ1) is 8.06. The zero-order valence-corrected chi connectivity index (χ0v) is 6.35. The highest BCUT2D eigenvalue weighted by molar-refractivity contribution is 6.38. The average molecular weight is 150 g/mol. The van der Waals surface area contributed by atoms with Gasteiger partial charge in [0, 0.05) is 5.54 Å². The molecule has 0 saturated carbocycles. The smallest absolute Gasteiger partial charge is 0.0550 e. The van der Waals surface area contributed by atoms with Crippen molar-refractivity contribution in [1.29, 1.82) is 0 Å². The standard InChI is InChI=1S/C6H7Cl2/c1-3-5(2)6(8)4-7/h4H,1-2H3. The largest absolute Gasteiger partial charge is 0.0913 e. The molecule has 0 aromatic rings. The van der Waals surface area contributed by atoms with Crippen LogP contribution in [0.4, 0.5) is 0 Å². The van der Waals surface area contributed by atoms with Crippen molar-refractivity contribution in [3.63, 3.8) is 0 Å². The summed E-state index contributed by atoms with van der Waals surface area (Å²) in [5, 5.41) is 0.550. The van der Waals surface area contributed by atoms with Crippen LogP contribution in [0.3, 0.4) is 0 Å². The van der Waals surface area contributed by atoms with E-state index in [1.165, 1.54) is 5.54 Å². The van der Waals surface area contributed by atoms with Crippen LogP contribution < -0.4 is 0 Å². The second-order valence-electron chi connectivity index (χ2n) is 1.33. The van der Waals surface area contributed by atoms with Crippen LogP contribution in [0, 0.1) is 6.08 Å². The fourth-order valence-corrected chi connectivity index (χ4v) is 0.459. The van der Waals surface area contributed by atoms with Crippen LogP contribution in [-0.4, -0.2) is 0 Å². The molecular formula is C6H7Cl2. The van der Waals surface area contributed by atoms with Crippen molar-refractivity contribution in [3.05, 3.63) is 22.2 Å². The van der Waals surface area contributed by atoms with Crippen molar-refractivity contribution >= 4 is 23.2 Å². The predicted octanol–water partition coefficient (Wildman–Crippen LogP) is 3.07. The zero-order chi connectivity index (χ0) is 6.57. The summed E-state index contributed by atoms with van der Waals surface area (Å²) >= 11 is 10.8. The lowest BCUT2D eigenvalue weighted by Gasteiger charge is -1.90. The Morgan fingerprint density at radius 1 is 1.62 bits per heavy atom. The number of allylic oxidation sites excluding steroid dienone is 3. The number of hydrogen-bond donors (Lipinski definition) is 0. The lowest BCUT2D eigenvalue weighted by Crippen LogP contribution is -1.70. The van der Waals surface area contributed by atoms with E-state index < -0.39 is 0 Å². The van der Waals surface area contributed by atoms with Gasteiger partial charge in [-0.25, -0.2) is 0 Å². The highest BCUT2D eigenvalue weighted by Crippen LogP contribution is 2.13. The molecule has 8 heavy (non-hydrogen) atoms. The SMILES string of the molecule is C/[C]=C(\C)C(Cl)=CCl. The van der Waals surface area contributed by atoms with E-state index in [9.17, 15) is 0 Å². The predicted molar refractivity (Wildman–Crippen MR) is 37.9 cm³/mol. The molecule has 0 fully saturated rings. The van der Waals surface area contributed by atoms with E-state index in [4.69, 9.17) is 23.2 Å². The molecular weight excluding hydrogens is 143 g/mol. The lowest BCUT2D eigenvalue weighted by molar-refractivity contribution is 1.42. The van der Waals surface area contributed by atoms with Gasteiger partial charge in [0.2, 0.25) is 0 Å². The monoisotopic (exact) mass is 149 g/mol. The van der Waals surface area contributed by atoms with Crippen molar-refractivity contribution in [2.75, 3.05) is 0 Å². The molecule has 0 bridgehead atoms. The highest BCUT2D eigenvalue weighted by atomic mass is 35.5. The van der Waals surface area contributed by atoms with Gasteiger partial charge in [0.05, 0.1) is 5.03 Å². The molecule has 0 rings (SSSR count). The molecule has 0 aromatic carbocycles. The van der Waals surface area contributed by atoms with Crippen LogP contribution in [-0.2, 0) is 0 Å². The van der Waals surface area contributed by atoms with E-state index in [1.807, 2.05) is 6.92 Å². The van der Waals surface area contributed by atoms with E-state index in [1.54, 1.807) is 6.92 Å². The molecule has 0 unspecified atom stereocenters. The molecule has 0 aliphatic heterocycles. The maximum Gasteiger partial charge on any atom is 0.0550 e. The fraction of sp³-hybridized carbons (Fsp3) is 0.333. The van der Waals surface area contributed by atoms with E-state index >= 15 is 0 Å². The van der Waals surface area contributed by atoms with Crippen LogP contribution in [0.25, 0.3) is 0 Å². The van der Waals surface area contributed by atoms with Crippen LogP contribution in [0.1, 0.15) is 13.8 Å². The van der Waals surface area contributed by atoms with Crippen LogP contribution >= 0.6 is 23.2 Å². The number of halogens is 2. The van der Waals surface area contributed by atoms with Gasteiger partial charge in [-0.2, -0.15) is 0 Å². The Morgan fingerprint density at radius 2 is 2.12 bits per heavy atom. The summed E-state index contributed by atoms with van der Waals surface area (Å²) in [7, 11) is 0. The van der Waals surface area contributed by atoms with Gasteiger partial charge in [0.25, 0.3) is 0 Å². The molecule has 45 valence electrons. The number of hydrogen-bond acceptors (Lipinski definition) is 0. The van der Waals surface area contributed by atoms with E-state index in [-0.39, 0.29) is 0 Å². The molecule has 0 aliphatic carbocycles. The summed E-state index contributed by atoms with van der Waals surface area (Å²) in [5.74, 6) is 0. The van der Waals surface area contributed by atoms with E-state index in [0.717, 1.165) is 5.57 Å². The molecule has 0 atom stereocenters. The maximum atomic E-state index is 5.55. The third-order valence-corrected chi connectivity index (χ3v) is 1.55.